The fourth-order valence-corrected chi connectivity index (χ4v) is 3.50. The number of carboxylic acids is 1. The molecule has 0 spiro atoms. The van der Waals surface area contributed by atoms with Crippen LogP contribution in [0, 0.1) is 0 Å². The fourth-order valence-electron chi connectivity index (χ4n) is 3.38. The molecule has 1 heterocycles. The molecular formula is C19H20ClNO4. The number of fused-ring (bicyclic) bond motifs is 1. The number of rotatable bonds is 5. The first-order valence-corrected chi connectivity index (χ1v) is 8.37. The van der Waals surface area contributed by atoms with Gasteiger partial charge in [-0.15, -0.1) is 0 Å². The van der Waals surface area contributed by atoms with Crippen LogP contribution in [-0.2, 0) is 11.2 Å². The fraction of sp³-hybridized carbons (Fsp3) is 0.316. The lowest BCUT2D eigenvalue weighted by Gasteiger charge is -2.37. The van der Waals surface area contributed by atoms with Crippen LogP contribution < -0.4 is 9.47 Å². The number of benzene rings is 2. The van der Waals surface area contributed by atoms with Gasteiger partial charge >= 0.3 is 5.97 Å². The third-order valence-electron chi connectivity index (χ3n) is 4.50. The van der Waals surface area contributed by atoms with Gasteiger partial charge in [0.2, 0.25) is 0 Å². The summed E-state index contributed by atoms with van der Waals surface area (Å²) in [5, 5.41) is 9.95. The molecule has 132 valence electrons. The number of methoxy groups -OCH3 is 2. The molecule has 0 saturated carbocycles. The first-order chi connectivity index (χ1) is 12.0. The number of hydrogen-bond acceptors (Lipinski definition) is 4. The Labute approximate surface area is 151 Å². The number of hydrogen-bond donors (Lipinski definition) is 1. The van der Waals surface area contributed by atoms with E-state index < -0.39 is 5.97 Å². The highest BCUT2D eigenvalue weighted by Crippen LogP contribution is 2.41. The second-order valence-electron chi connectivity index (χ2n) is 5.97. The monoisotopic (exact) mass is 361 g/mol. The van der Waals surface area contributed by atoms with Crippen LogP contribution in [0.15, 0.2) is 36.4 Å². The highest BCUT2D eigenvalue weighted by atomic mass is 35.5. The van der Waals surface area contributed by atoms with Crippen molar-refractivity contribution in [3.63, 3.8) is 0 Å². The van der Waals surface area contributed by atoms with Crippen molar-refractivity contribution in [2.75, 3.05) is 27.3 Å². The zero-order valence-corrected chi connectivity index (χ0v) is 14.9. The standard InChI is InChI=1S/C19H20ClNO4/c1-24-16-9-13-7-8-21(11-18(22)23)19(15(13)10-17(16)25-2)12-3-5-14(20)6-4-12/h3-6,9-10,19H,7-8,11H2,1-2H3,(H,22,23). The molecule has 0 saturated heterocycles. The summed E-state index contributed by atoms with van der Waals surface area (Å²) in [4.78, 5) is 13.3. The molecule has 1 unspecified atom stereocenters. The SMILES string of the molecule is COc1cc2c(cc1OC)C(c1ccc(Cl)cc1)N(CC(=O)O)CC2. The molecule has 25 heavy (non-hydrogen) atoms. The Balaban J connectivity index is 2.12. The Morgan fingerprint density at radius 2 is 1.84 bits per heavy atom. The van der Waals surface area contributed by atoms with Crippen molar-refractivity contribution in [2.45, 2.75) is 12.5 Å². The number of nitrogens with zero attached hydrogens (tertiary/aromatic N) is 1. The van der Waals surface area contributed by atoms with Crippen LogP contribution in [-0.4, -0.2) is 43.3 Å². The second kappa shape index (κ2) is 7.33. The molecule has 0 radical (unpaired) electrons. The minimum absolute atomic E-state index is 0.0267. The van der Waals surface area contributed by atoms with Crippen molar-refractivity contribution >= 4 is 17.6 Å². The van der Waals surface area contributed by atoms with E-state index in [9.17, 15) is 9.90 Å². The highest BCUT2D eigenvalue weighted by Gasteiger charge is 2.31. The topological polar surface area (TPSA) is 59.0 Å². The van der Waals surface area contributed by atoms with E-state index in [-0.39, 0.29) is 12.6 Å². The van der Waals surface area contributed by atoms with E-state index >= 15 is 0 Å². The molecule has 2 aromatic rings. The molecule has 1 aliphatic heterocycles. The Kier molecular flexibility index (Phi) is 5.16. The van der Waals surface area contributed by atoms with Crippen LogP contribution in [0.5, 0.6) is 11.5 Å². The summed E-state index contributed by atoms with van der Waals surface area (Å²) in [5.74, 6) is 0.475. The lowest BCUT2D eigenvalue weighted by Crippen LogP contribution is -2.39. The Bertz CT molecular complexity index is 776. The first kappa shape index (κ1) is 17.6. The van der Waals surface area contributed by atoms with Gasteiger partial charge in [0, 0.05) is 11.6 Å². The van der Waals surface area contributed by atoms with Crippen LogP contribution in [0.3, 0.4) is 0 Å². The summed E-state index contributed by atoms with van der Waals surface area (Å²) in [6.45, 7) is 0.628. The summed E-state index contributed by atoms with van der Waals surface area (Å²) in [6, 6.07) is 11.3. The highest BCUT2D eigenvalue weighted by molar-refractivity contribution is 6.30. The first-order valence-electron chi connectivity index (χ1n) is 7.99. The minimum atomic E-state index is -0.845. The molecule has 1 aliphatic rings. The quantitative estimate of drug-likeness (QED) is 0.884. The van der Waals surface area contributed by atoms with E-state index in [4.69, 9.17) is 21.1 Å². The van der Waals surface area contributed by atoms with Gasteiger partial charge in [0.25, 0.3) is 0 Å². The van der Waals surface area contributed by atoms with Crippen LogP contribution in [0.25, 0.3) is 0 Å². The van der Waals surface area contributed by atoms with Crippen molar-refractivity contribution in [1.29, 1.82) is 0 Å². The minimum Gasteiger partial charge on any atom is -0.493 e. The van der Waals surface area contributed by atoms with Gasteiger partial charge in [0.1, 0.15) is 0 Å². The van der Waals surface area contributed by atoms with E-state index in [1.165, 1.54) is 0 Å². The normalized spacial score (nSPS) is 17.0. The van der Waals surface area contributed by atoms with Gasteiger partial charge in [0.15, 0.2) is 11.5 Å². The molecule has 3 rings (SSSR count). The van der Waals surface area contributed by atoms with Crippen molar-refractivity contribution in [1.82, 2.24) is 4.90 Å². The Morgan fingerprint density at radius 3 is 2.44 bits per heavy atom. The van der Waals surface area contributed by atoms with E-state index in [0.29, 0.717) is 23.1 Å². The largest absolute Gasteiger partial charge is 0.493 e. The number of ether oxygens (including phenoxy) is 2. The number of halogens is 1. The maximum atomic E-state index is 11.3. The van der Waals surface area contributed by atoms with Crippen molar-refractivity contribution in [2.24, 2.45) is 0 Å². The molecule has 5 nitrogen and oxygen atoms in total. The average Bonchev–Trinajstić information content (AvgIpc) is 2.61. The molecule has 2 aromatic carbocycles. The van der Waals surface area contributed by atoms with Gasteiger partial charge in [-0.3, -0.25) is 9.69 Å². The predicted octanol–water partition coefficient (Wildman–Crippen LogP) is 3.39. The van der Waals surface area contributed by atoms with Gasteiger partial charge < -0.3 is 14.6 Å². The average molecular weight is 362 g/mol. The molecular weight excluding hydrogens is 342 g/mol. The van der Waals surface area contributed by atoms with E-state index in [1.807, 2.05) is 41.3 Å². The predicted molar refractivity (Wildman–Crippen MR) is 95.8 cm³/mol. The molecule has 0 fully saturated rings. The maximum absolute atomic E-state index is 11.3. The maximum Gasteiger partial charge on any atom is 0.317 e. The van der Waals surface area contributed by atoms with Gasteiger partial charge in [-0.25, -0.2) is 0 Å². The Morgan fingerprint density at radius 1 is 1.20 bits per heavy atom. The summed E-state index contributed by atoms with van der Waals surface area (Å²) < 4.78 is 10.8. The molecule has 6 heteroatoms. The van der Waals surface area contributed by atoms with Crippen LogP contribution in [0.1, 0.15) is 22.7 Å². The zero-order valence-electron chi connectivity index (χ0n) is 14.2. The summed E-state index contributed by atoms with van der Waals surface area (Å²) in [7, 11) is 3.21. The van der Waals surface area contributed by atoms with Crippen LogP contribution in [0.2, 0.25) is 5.02 Å². The second-order valence-corrected chi connectivity index (χ2v) is 6.41. The molecule has 0 aliphatic carbocycles. The summed E-state index contributed by atoms with van der Waals surface area (Å²) in [5.41, 5.74) is 3.17. The molecule has 0 aromatic heterocycles. The Hall–Kier alpha value is -2.24. The van der Waals surface area contributed by atoms with Crippen molar-refractivity contribution in [3.05, 3.63) is 58.1 Å². The third-order valence-corrected chi connectivity index (χ3v) is 4.75. The summed E-state index contributed by atoms with van der Waals surface area (Å²) in [6.07, 6.45) is 0.757. The molecule has 0 bridgehead atoms. The zero-order chi connectivity index (χ0) is 18.0. The van der Waals surface area contributed by atoms with Crippen LogP contribution in [0.4, 0.5) is 0 Å². The number of aliphatic carboxylic acids is 1. The van der Waals surface area contributed by atoms with Gasteiger partial charge in [-0.2, -0.15) is 0 Å². The molecule has 1 N–H and O–H groups in total. The molecule has 0 amide bonds. The van der Waals surface area contributed by atoms with Crippen LogP contribution >= 0.6 is 11.6 Å². The smallest absolute Gasteiger partial charge is 0.317 e. The van der Waals surface area contributed by atoms with Crippen molar-refractivity contribution < 1.29 is 19.4 Å². The van der Waals surface area contributed by atoms with Gasteiger partial charge in [-0.05, 0) is 47.4 Å². The lowest BCUT2D eigenvalue weighted by atomic mass is 9.87. The van der Waals surface area contributed by atoms with E-state index in [1.54, 1.807) is 14.2 Å². The molecule has 1 atom stereocenters. The van der Waals surface area contributed by atoms with Crippen molar-refractivity contribution in [3.8, 4) is 11.5 Å². The third kappa shape index (κ3) is 3.57. The lowest BCUT2D eigenvalue weighted by molar-refractivity contribution is -0.138. The number of carboxylic acid groups (broad SMARTS) is 1. The summed E-state index contributed by atoms with van der Waals surface area (Å²) >= 11 is 6.01. The van der Waals surface area contributed by atoms with E-state index in [0.717, 1.165) is 23.1 Å². The van der Waals surface area contributed by atoms with E-state index in [2.05, 4.69) is 0 Å². The van der Waals surface area contributed by atoms with Gasteiger partial charge in [-0.1, -0.05) is 23.7 Å². The van der Waals surface area contributed by atoms with Gasteiger partial charge in [0.05, 0.1) is 26.8 Å². The number of carbonyl (C=O) groups is 1.